The summed E-state index contributed by atoms with van der Waals surface area (Å²) in [6, 6.07) is 7.77. The molecule has 0 atom stereocenters. The Labute approximate surface area is 149 Å². The zero-order valence-corrected chi connectivity index (χ0v) is 14.4. The molecule has 1 saturated heterocycles. The number of hydrogen-bond donors (Lipinski definition) is 1. The molecule has 1 aliphatic carbocycles. The molecule has 2 heterocycles. The summed E-state index contributed by atoms with van der Waals surface area (Å²) >= 11 is 1.32. The minimum Gasteiger partial charge on any atom is -0.324 e. The number of amides is 2. The van der Waals surface area contributed by atoms with Gasteiger partial charge in [-0.25, -0.2) is 4.68 Å². The van der Waals surface area contributed by atoms with Gasteiger partial charge < -0.3 is 10.2 Å². The van der Waals surface area contributed by atoms with E-state index in [1.807, 2.05) is 24.3 Å². The fourth-order valence-corrected chi connectivity index (χ4v) is 3.61. The molecule has 25 heavy (non-hydrogen) atoms. The van der Waals surface area contributed by atoms with Crippen LogP contribution in [0.15, 0.2) is 29.4 Å². The number of carbonyl (C=O) groups excluding carboxylic acids is 2. The van der Waals surface area contributed by atoms with Crippen LogP contribution in [-0.2, 0) is 9.59 Å². The number of benzene rings is 1. The Balaban J connectivity index is 1.41. The minimum atomic E-state index is -0.144. The highest BCUT2D eigenvalue weighted by Crippen LogP contribution is 2.36. The molecule has 2 fully saturated rings. The van der Waals surface area contributed by atoms with Crippen molar-refractivity contribution in [1.29, 1.82) is 0 Å². The van der Waals surface area contributed by atoms with Crippen LogP contribution in [-0.4, -0.2) is 44.3 Å². The van der Waals surface area contributed by atoms with E-state index >= 15 is 0 Å². The van der Waals surface area contributed by atoms with Gasteiger partial charge >= 0.3 is 0 Å². The second-order valence-electron chi connectivity index (χ2n) is 6.14. The van der Waals surface area contributed by atoms with Crippen molar-refractivity contribution in [3.63, 3.8) is 0 Å². The van der Waals surface area contributed by atoms with E-state index in [0.717, 1.165) is 24.9 Å². The van der Waals surface area contributed by atoms with E-state index in [0.29, 0.717) is 29.9 Å². The zero-order valence-electron chi connectivity index (χ0n) is 13.6. The van der Waals surface area contributed by atoms with Crippen molar-refractivity contribution in [2.24, 2.45) is 0 Å². The van der Waals surface area contributed by atoms with Gasteiger partial charge in [0.1, 0.15) is 0 Å². The summed E-state index contributed by atoms with van der Waals surface area (Å²) in [5, 5.41) is 15.2. The normalized spacial score (nSPS) is 17.1. The number of nitrogens with zero attached hydrogens (tertiary/aromatic N) is 5. The van der Waals surface area contributed by atoms with E-state index in [2.05, 4.69) is 20.8 Å². The average molecular weight is 358 g/mol. The van der Waals surface area contributed by atoms with E-state index in [9.17, 15) is 9.59 Å². The lowest BCUT2D eigenvalue weighted by Gasteiger charge is -2.19. The Hall–Kier alpha value is -2.42. The molecule has 1 aromatic carbocycles. The van der Waals surface area contributed by atoms with Crippen LogP contribution < -0.4 is 10.2 Å². The summed E-state index contributed by atoms with van der Waals surface area (Å²) in [5.41, 5.74) is 1.41. The maximum absolute atomic E-state index is 12.3. The molecule has 0 bridgehead atoms. The molecular formula is C16H18N6O2S. The summed E-state index contributed by atoms with van der Waals surface area (Å²) in [6.07, 6.45) is 3.58. The Morgan fingerprint density at radius 3 is 2.92 bits per heavy atom. The van der Waals surface area contributed by atoms with Crippen molar-refractivity contribution >= 4 is 35.0 Å². The number of thioether (sulfide) groups is 1. The molecular weight excluding hydrogens is 340 g/mol. The minimum absolute atomic E-state index is 0.0969. The van der Waals surface area contributed by atoms with Gasteiger partial charge in [0.25, 0.3) is 0 Å². The smallest absolute Gasteiger partial charge is 0.234 e. The van der Waals surface area contributed by atoms with Crippen molar-refractivity contribution in [1.82, 2.24) is 20.2 Å². The summed E-state index contributed by atoms with van der Waals surface area (Å²) in [4.78, 5) is 26.1. The molecule has 2 aliphatic rings. The van der Waals surface area contributed by atoms with Gasteiger partial charge in [0, 0.05) is 13.0 Å². The fraction of sp³-hybridized carbons (Fsp3) is 0.438. The maximum Gasteiger partial charge on any atom is 0.234 e. The van der Waals surface area contributed by atoms with E-state index < -0.39 is 0 Å². The first-order valence-corrected chi connectivity index (χ1v) is 9.31. The van der Waals surface area contributed by atoms with Gasteiger partial charge in [-0.15, -0.1) is 5.10 Å². The van der Waals surface area contributed by atoms with Crippen LogP contribution in [0.1, 0.15) is 31.7 Å². The Bertz CT molecular complexity index is 803. The Morgan fingerprint density at radius 1 is 1.32 bits per heavy atom. The first kappa shape index (κ1) is 16.1. The summed E-state index contributed by atoms with van der Waals surface area (Å²) in [5.74, 6) is 0.171. The third-order valence-electron chi connectivity index (χ3n) is 4.23. The van der Waals surface area contributed by atoms with Crippen LogP contribution in [0.5, 0.6) is 0 Å². The van der Waals surface area contributed by atoms with Gasteiger partial charge in [0.2, 0.25) is 17.0 Å². The molecule has 0 radical (unpaired) electrons. The number of anilines is 2. The number of tetrazole rings is 1. The van der Waals surface area contributed by atoms with Crippen molar-refractivity contribution in [3.8, 4) is 0 Å². The molecule has 2 aromatic rings. The van der Waals surface area contributed by atoms with Crippen LogP contribution in [0.3, 0.4) is 0 Å². The molecule has 9 heteroatoms. The van der Waals surface area contributed by atoms with Gasteiger partial charge in [-0.2, -0.15) is 0 Å². The zero-order chi connectivity index (χ0) is 17.2. The summed E-state index contributed by atoms with van der Waals surface area (Å²) in [6.45, 7) is 0.691. The van der Waals surface area contributed by atoms with Gasteiger partial charge in [-0.1, -0.05) is 23.9 Å². The number of nitrogens with one attached hydrogen (secondary N) is 1. The second kappa shape index (κ2) is 6.83. The fourth-order valence-electron chi connectivity index (χ4n) is 2.86. The molecule has 130 valence electrons. The van der Waals surface area contributed by atoms with Crippen LogP contribution in [0.25, 0.3) is 0 Å². The van der Waals surface area contributed by atoms with Crippen molar-refractivity contribution < 1.29 is 9.59 Å². The van der Waals surface area contributed by atoms with Crippen molar-refractivity contribution in [2.75, 3.05) is 22.5 Å². The number of para-hydroxylation sites is 2. The lowest BCUT2D eigenvalue weighted by Crippen LogP contribution is -2.26. The maximum atomic E-state index is 12.3. The molecule has 8 nitrogen and oxygen atoms in total. The molecule has 1 aliphatic heterocycles. The molecule has 4 rings (SSSR count). The van der Waals surface area contributed by atoms with Crippen molar-refractivity contribution in [2.45, 2.75) is 36.9 Å². The molecule has 0 spiro atoms. The average Bonchev–Trinajstić information content (AvgIpc) is 3.19. The number of aromatic nitrogens is 4. The van der Waals surface area contributed by atoms with E-state index in [1.54, 1.807) is 9.58 Å². The third-order valence-corrected chi connectivity index (χ3v) is 5.16. The predicted octanol–water partition coefficient (Wildman–Crippen LogP) is 1.87. The van der Waals surface area contributed by atoms with E-state index in [4.69, 9.17) is 0 Å². The van der Waals surface area contributed by atoms with Gasteiger partial charge in [-0.3, -0.25) is 9.59 Å². The first-order chi connectivity index (χ1) is 12.2. The van der Waals surface area contributed by atoms with E-state index in [1.165, 1.54) is 11.8 Å². The molecule has 0 unspecified atom stereocenters. The van der Waals surface area contributed by atoms with E-state index in [-0.39, 0.29) is 17.6 Å². The van der Waals surface area contributed by atoms with Crippen LogP contribution >= 0.6 is 11.8 Å². The lowest BCUT2D eigenvalue weighted by atomic mass is 10.2. The predicted molar refractivity (Wildman–Crippen MR) is 93.5 cm³/mol. The SMILES string of the molecule is O=C(CSc1nnnn1C1CC1)Nc1ccccc1N1CCCC1=O. The number of rotatable bonds is 6. The van der Waals surface area contributed by atoms with Crippen LogP contribution in [0.2, 0.25) is 0 Å². The number of hydrogen-bond acceptors (Lipinski definition) is 6. The highest BCUT2D eigenvalue weighted by molar-refractivity contribution is 7.99. The largest absolute Gasteiger partial charge is 0.324 e. The number of carbonyl (C=O) groups is 2. The quantitative estimate of drug-likeness (QED) is 0.793. The lowest BCUT2D eigenvalue weighted by molar-refractivity contribution is -0.117. The molecule has 1 N–H and O–H groups in total. The summed E-state index contributed by atoms with van der Waals surface area (Å²) < 4.78 is 1.79. The van der Waals surface area contributed by atoms with Crippen LogP contribution in [0.4, 0.5) is 11.4 Å². The molecule has 2 amide bonds. The Morgan fingerprint density at radius 2 is 2.16 bits per heavy atom. The monoisotopic (exact) mass is 358 g/mol. The molecule has 1 saturated carbocycles. The van der Waals surface area contributed by atoms with Gasteiger partial charge in [0.15, 0.2) is 0 Å². The second-order valence-corrected chi connectivity index (χ2v) is 7.08. The van der Waals surface area contributed by atoms with Gasteiger partial charge in [0.05, 0.1) is 23.2 Å². The third kappa shape index (κ3) is 3.51. The summed E-state index contributed by atoms with van der Waals surface area (Å²) in [7, 11) is 0. The van der Waals surface area contributed by atoms with Gasteiger partial charge in [-0.05, 0) is 41.8 Å². The first-order valence-electron chi connectivity index (χ1n) is 8.32. The topological polar surface area (TPSA) is 93.0 Å². The van der Waals surface area contributed by atoms with Crippen molar-refractivity contribution in [3.05, 3.63) is 24.3 Å². The van der Waals surface area contributed by atoms with Crippen LogP contribution in [0, 0.1) is 0 Å². The standard InChI is InChI=1S/C16H18N6O2S/c23-14(10-25-16-18-19-20-22(16)11-7-8-11)17-12-4-1-2-5-13(12)21-9-3-6-15(21)24/h1-2,4-5,11H,3,6-10H2,(H,17,23). The Kier molecular flexibility index (Phi) is 4.39. The molecule has 1 aromatic heterocycles. The highest BCUT2D eigenvalue weighted by Gasteiger charge is 2.28. The highest BCUT2D eigenvalue weighted by atomic mass is 32.2.